The maximum absolute atomic E-state index is 3.73. The summed E-state index contributed by atoms with van der Waals surface area (Å²) in [7, 11) is 3.37. The SMILES string of the molecule is CC(C)(C)P(CC1C=CC=C1C(P)(C1CCCNC1)C1CCCNC1)C(C)(C)C. The maximum Gasteiger partial charge on any atom is 0.0146 e. The van der Waals surface area contributed by atoms with Crippen molar-refractivity contribution in [3.8, 4) is 0 Å². The molecule has 4 heteroatoms. The first-order valence-electron chi connectivity index (χ1n) is 11.9. The number of rotatable bonds is 5. The first kappa shape index (κ1) is 23.9. The molecule has 2 saturated heterocycles. The first-order chi connectivity index (χ1) is 13.5. The van der Waals surface area contributed by atoms with E-state index in [2.05, 4.69) is 79.6 Å². The number of hydrogen-bond acceptors (Lipinski definition) is 2. The summed E-state index contributed by atoms with van der Waals surface area (Å²) in [5.41, 5.74) is 1.73. The smallest absolute Gasteiger partial charge is 0.0146 e. The molecule has 29 heavy (non-hydrogen) atoms. The molecule has 3 aliphatic rings. The van der Waals surface area contributed by atoms with Crippen LogP contribution in [0.15, 0.2) is 23.8 Å². The Morgan fingerprint density at radius 1 is 0.931 bits per heavy atom. The molecule has 2 N–H and O–H groups in total. The van der Waals surface area contributed by atoms with Crippen molar-refractivity contribution in [1.29, 1.82) is 0 Å². The van der Waals surface area contributed by atoms with E-state index in [1.807, 2.05) is 0 Å². The van der Waals surface area contributed by atoms with Crippen molar-refractivity contribution in [2.75, 3.05) is 32.3 Å². The fourth-order valence-electron chi connectivity index (χ4n) is 6.22. The molecule has 0 bridgehead atoms. The van der Waals surface area contributed by atoms with Gasteiger partial charge in [0.1, 0.15) is 0 Å². The van der Waals surface area contributed by atoms with E-state index in [0.29, 0.717) is 16.2 Å². The number of hydrogen-bond donors (Lipinski definition) is 2. The van der Waals surface area contributed by atoms with E-state index < -0.39 is 0 Å². The number of piperidine rings is 2. The zero-order valence-electron chi connectivity index (χ0n) is 19.9. The van der Waals surface area contributed by atoms with Gasteiger partial charge in [0, 0.05) is 11.1 Å². The topological polar surface area (TPSA) is 24.1 Å². The van der Waals surface area contributed by atoms with E-state index in [4.69, 9.17) is 0 Å². The number of allylic oxidation sites excluding steroid dienone is 4. The Kier molecular flexibility index (Phi) is 7.75. The highest BCUT2D eigenvalue weighted by atomic mass is 31.1. The van der Waals surface area contributed by atoms with Gasteiger partial charge < -0.3 is 10.6 Å². The molecule has 166 valence electrons. The molecule has 4 unspecified atom stereocenters. The summed E-state index contributed by atoms with van der Waals surface area (Å²) < 4.78 is 0. The second-order valence-corrected chi connectivity index (χ2v) is 16.4. The third-order valence-corrected chi connectivity index (χ3v) is 12.7. The van der Waals surface area contributed by atoms with Gasteiger partial charge in [0.2, 0.25) is 0 Å². The molecule has 2 fully saturated rings. The predicted molar refractivity (Wildman–Crippen MR) is 136 cm³/mol. The van der Waals surface area contributed by atoms with Crippen LogP contribution in [0.2, 0.25) is 0 Å². The van der Waals surface area contributed by atoms with Gasteiger partial charge in [0.25, 0.3) is 0 Å². The van der Waals surface area contributed by atoms with Crippen LogP contribution in [-0.2, 0) is 0 Å². The van der Waals surface area contributed by atoms with Gasteiger partial charge in [-0.2, -0.15) is 0 Å². The van der Waals surface area contributed by atoms with E-state index in [-0.39, 0.29) is 13.1 Å². The molecule has 2 heterocycles. The Morgan fingerprint density at radius 3 is 1.86 bits per heavy atom. The lowest BCUT2D eigenvalue weighted by Crippen LogP contribution is -2.53. The highest BCUT2D eigenvalue weighted by Crippen LogP contribution is 2.62. The molecule has 0 aromatic rings. The molecule has 2 aliphatic heterocycles. The second kappa shape index (κ2) is 9.40. The minimum absolute atomic E-state index is 0.0950. The summed E-state index contributed by atoms with van der Waals surface area (Å²) in [5.74, 6) is 2.08. The van der Waals surface area contributed by atoms with Gasteiger partial charge in [-0.05, 0) is 80.2 Å². The number of nitrogens with one attached hydrogen (secondary N) is 2. The van der Waals surface area contributed by atoms with Crippen LogP contribution in [0.5, 0.6) is 0 Å². The summed E-state index contributed by atoms with van der Waals surface area (Å²) in [6, 6.07) is 0. The first-order valence-corrected chi connectivity index (χ1v) is 14.0. The zero-order valence-corrected chi connectivity index (χ0v) is 21.9. The Balaban J connectivity index is 1.90. The van der Waals surface area contributed by atoms with Gasteiger partial charge in [0.05, 0.1) is 0 Å². The van der Waals surface area contributed by atoms with Gasteiger partial charge in [-0.1, -0.05) is 73.3 Å². The average Bonchev–Trinajstić information content (AvgIpc) is 3.14. The normalized spacial score (nSPS) is 31.0. The minimum atomic E-state index is -0.0950. The van der Waals surface area contributed by atoms with E-state index in [1.54, 1.807) is 5.57 Å². The van der Waals surface area contributed by atoms with Gasteiger partial charge in [-0.25, -0.2) is 0 Å². The summed E-state index contributed by atoms with van der Waals surface area (Å²) >= 11 is 0. The molecule has 4 atom stereocenters. The van der Waals surface area contributed by atoms with Crippen LogP contribution in [0.25, 0.3) is 0 Å². The summed E-state index contributed by atoms with van der Waals surface area (Å²) in [6.45, 7) is 19.6. The van der Waals surface area contributed by atoms with Gasteiger partial charge in [-0.3, -0.25) is 0 Å². The summed E-state index contributed by atoms with van der Waals surface area (Å²) in [4.78, 5) is 0. The molecular weight excluding hydrogens is 390 g/mol. The highest BCUT2D eigenvalue weighted by molar-refractivity contribution is 7.60. The quantitative estimate of drug-likeness (QED) is 0.533. The van der Waals surface area contributed by atoms with E-state index in [0.717, 1.165) is 11.8 Å². The third kappa shape index (κ3) is 5.37. The monoisotopic (exact) mass is 436 g/mol. The van der Waals surface area contributed by atoms with Crippen LogP contribution in [0, 0.1) is 17.8 Å². The standard InChI is InChI=1S/C25H46N2P2/c1-23(2,3)29(24(4,5)6)18-19-10-7-13-22(19)25(28,20-11-8-14-26-16-20)21-12-9-15-27-17-21/h7,10,13,19-21,26-27H,8-9,11-12,14-18,28H2,1-6H3. The molecule has 1 aliphatic carbocycles. The fourth-order valence-corrected chi connectivity index (χ4v) is 10.9. The van der Waals surface area contributed by atoms with Crippen LogP contribution in [0.4, 0.5) is 0 Å². The second-order valence-electron chi connectivity index (χ2n) is 11.6. The third-order valence-electron chi connectivity index (χ3n) is 7.46. The Hall–Kier alpha value is 0.260. The molecule has 0 aromatic carbocycles. The lowest BCUT2D eigenvalue weighted by molar-refractivity contribution is 0.213. The van der Waals surface area contributed by atoms with E-state index >= 15 is 0 Å². The van der Waals surface area contributed by atoms with Crippen molar-refractivity contribution < 1.29 is 0 Å². The molecular formula is C25H46N2P2. The Bertz CT molecular complexity index is 567. The van der Waals surface area contributed by atoms with Crippen molar-refractivity contribution >= 4 is 17.2 Å². The van der Waals surface area contributed by atoms with Crippen LogP contribution in [0.1, 0.15) is 67.2 Å². The maximum atomic E-state index is 3.73. The zero-order chi connectivity index (χ0) is 21.3. The molecule has 0 amide bonds. The van der Waals surface area contributed by atoms with Crippen molar-refractivity contribution in [2.24, 2.45) is 17.8 Å². The Labute approximate surface area is 184 Å². The van der Waals surface area contributed by atoms with Crippen molar-refractivity contribution in [2.45, 2.75) is 82.7 Å². The molecule has 0 spiro atoms. The Morgan fingerprint density at radius 2 is 1.45 bits per heavy atom. The van der Waals surface area contributed by atoms with Crippen LogP contribution < -0.4 is 10.6 Å². The largest absolute Gasteiger partial charge is 0.316 e. The van der Waals surface area contributed by atoms with Gasteiger partial charge >= 0.3 is 0 Å². The molecule has 0 saturated carbocycles. The lowest BCUT2D eigenvalue weighted by atomic mass is 9.68. The molecule has 3 rings (SSSR count). The van der Waals surface area contributed by atoms with Crippen molar-refractivity contribution in [1.82, 2.24) is 10.6 Å². The van der Waals surface area contributed by atoms with Crippen LogP contribution in [0.3, 0.4) is 0 Å². The van der Waals surface area contributed by atoms with Crippen LogP contribution in [-0.4, -0.2) is 47.8 Å². The van der Waals surface area contributed by atoms with Crippen molar-refractivity contribution in [3.05, 3.63) is 23.8 Å². The molecule has 2 nitrogen and oxygen atoms in total. The highest BCUT2D eigenvalue weighted by Gasteiger charge is 2.48. The molecule has 0 radical (unpaired) electrons. The van der Waals surface area contributed by atoms with Gasteiger partial charge in [-0.15, -0.1) is 9.24 Å². The van der Waals surface area contributed by atoms with Gasteiger partial charge in [0.15, 0.2) is 0 Å². The van der Waals surface area contributed by atoms with E-state index in [9.17, 15) is 0 Å². The van der Waals surface area contributed by atoms with Crippen molar-refractivity contribution in [3.63, 3.8) is 0 Å². The summed E-state index contributed by atoms with van der Waals surface area (Å²) in [5, 5.41) is 8.46. The average molecular weight is 437 g/mol. The van der Waals surface area contributed by atoms with E-state index in [1.165, 1.54) is 58.0 Å². The summed E-state index contributed by atoms with van der Waals surface area (Å²) in [6.07, 6.45) is 14.1. The fraction of sp³-hybridized carbons (Fsp3) is 0.840. The predicted octanol–water partition coefficient (Wildman–Crippen LogP) is 5.79. The molecule has 0 aromatic heterocycles. The lowest BCUT2D eigenvalue weighted by Gasteiger charge is -2.51. The minimum Gasteiger partial charge on any atom is -0.316 e. The van der Waals surface area contributed by atoms with Crippen LogP contribution >= 0.6 is 17.2 Å².